The number of rotatable bonds is 6. The molecule has 0 radical (unpaired) electrons. The fraction of sp³-hybridized carbons (Fsp3) is 0.222. The molecule has 0 saturated heterocycles. The van der Waals surface area contributed by atoms with Crippen LogP contribution in [0.3, 0.4) is 0 Å². The lowest BCUT2D eigenvalue weighted by Crippen LogP contribution is -2.22. The molecule has 0 unspecified atom stereocenters. The molecule has 0 fully saturated rings. The molecule has 0 atom stereocenters. The normalized spacial score (nSPS) is 9.82. The molecule has 2 aromatic carbocycles. The Bertz CT molecular complexity index is 671. The molecule has 0 aromatic heterocycles. The second-order valence-corrected chi connectivity index (χ2v) is 4.94. The van der Waals surface area contributed by atoms with Crippen LogP contribution in [0.5, 0.6) is 0 Å². The summed E-state index contributed by atoms with van der Waals surface area (Å²) in [7, 11) is 0. The largest absolute Gasteiger partial charge is 0.376 e. The molecule has 4 nitrogen and oxygen atoms in total. The summed E-state index contributed by atoms with van der Waals surface area (Å²) in [6.07, 6.45) is 1.30. The Labute approximate surface area is 130 Å². The van der Waals surface area contributed by atoms with Crippen LogP contribution in [0.15, 0.2) is 48.5 Å². The third-order valence-electron chi connectivity index (χ3n) is 3.36. The highest BCUT2D eigenvalue weighted by atomic mass is 16.1. The molecule has 0 saturated carbocycles. The summed E-state index contributed by atoms with van der Waals surface area (Å²) in [6, 6.07) is 17.4. The molecule has 0 aliphatic heterocycles. The summed E-state index contributed by atoms with van der Waals surface area (Å²) in [6.45, 7) is 2.31. The fourth-order valence-electron chi connectivity index (χ4n) is 2.18. The summed E-state index contributed by atoms with van der Waals surface area (Å²) in [5.74, 6) is -0.0982. The highest BCUT2D eigenvalue weighted by Crippen LogP contribution is 2.15. The zero-order valence-electron chi connectivity index (χ0n) is 12.6. The minimum Gasteiger partial charge on any atom is -0.376 e. The average Bonchev–Trinajstić information content (AvgIpc) is 2.55. The second kappa shape index (κ2) is 7.84. The summed E-state index contributed by atoms with van der Waals surface area (Å²) in [5.41, 5.74) is 3.86. The first-order chi connectivity index (χ1) is 10.7. The first-order valence-corrected chi connectivity index (χ1v) is 7.30. The van der Waals surface area contributed by atoms with Gasteiger partial charge in [-0.25, -0.2) is 0 Å². The lowest BCUT2D eigenvalue weighted by atomic mass is 10.1. The van der Waals surface area contributed by atoms with E-state index in [-0.39, 0.29) is 12.5 Å². The van der Waals surface area contributed by atoms with Crippen molar-refractivity contribution in [1.29, 1.82) is 5.26 Å². The van der Waals surface area contributed by atoms with Crippen LogP contribution >= 0.6 is 0 Å². The van der Waals surface area contributed by atoms with Gasteiger partial charge in [-0.05, 0) is 35.7 Å². The monoisotopic (exact) mass is 293 g/mol. The highest BCUT2D eigenvalue weighted by molar-refractivity contribution is 5.93. The van der Waals surface area contributed by atoms with Crippen molar-refractivity contribution in [2.24, 2.45) is 0 Å². The Morgan fingerprint density at radius 2 is 1.86 bits per heavy atom. The van der Waals surface area contributed by atoms with Crippen molar-refractivity contribution in [2.75, 3.05) is 17.2 Å². The maximum absolute atomic E-state index is 12.0. The van der Waals surface area contributed by atoms with Crippen molar-refractivity contribution in [3.63, 3.8) is 0 Å². The average molecular weight is 293 g/mol. The molecule has 0 bridgehead atoms. The third kappa shape index (κ3) is 4.35. The van der Waals surface area contributed by atoms with Crippen LogP contribution in [0.1, 0.15) is 18.1 Å². The quantitative estimate of drug-likeness (QED) is 0.858. The van der Waals surface area contributed by atoms with Gasteiger partial charge < -0.3 is 10.6 Å². The Hall–Kier alpha value is -2.80. The van der Waals surface area contributed by atoms with Crippen LogP contribution in [0.2, 0.25) is 0 Å². The summed E-state index contributed by atoms with van der Waals surface area (Å²) in [5, 5.41) is 14.6. The van der Waals surface area contributed by atoms with E-state index in [1.165, 1.54) is 5.56 Å². The molecule has 112 valence electrons. The molecule has 2 N–H and O–H groups in total. The third-order valence-corrected chi connectivity index (χ3v) is 3.36. The number of hydrogen-bond acceptors (Lipinski definition) is 3. The predicted octanol–water partition coefficient (Wildman–Crippen LogP) is 3.37. The van der Waals surface area contributed by atoms with Gasteiger partial charge in [0.05, 0.1) is 19.0 Å². The van der Waals surface area contributed by atoms with Crippen LogP contribution in [0.25, 0.3) is 0 Å². The smallest absolute Gasteiger partial charge is 0.243 e. The molecule has 22 heavy (non-hydrogen) atoms. The zero-order valence-corrected chi connectivity index (χ0v) is 12.6. The van der Waals surface area contributed by atoms with Gasteiger partial charge in [-0.2, -0.15) is 5.26 Å². The summed E-state index contributed by atoms with van der Waals surface area (Å²) >= 11 is 0. The summed E-state index contributed by atoms with van der Waals surface area (Å²) in [4.78, 5) is 12.0. The van der Waals surface area contributed by atoms with Gasteiger partial charge >= 0.3 is 0 Å². The number of aryl methyl sites for hydroxylation is 1. The van der Waals surface area contributed by atoms with E-state index < -0.39 is 0 Å². The molecule has 2 rings (SSSR count). The van der Waals surface area contributed by atoms with Gasteiger partial charge in [0.25, 0.3) is 0 Å². The minimum absolute atomic E-state index is 0.0982. The van der Waals surface area contributed by atoms with Gasteiger partial charge in [-0.3, -0.25) is 4.79 Å². The standard InChI is InChI=1S/C18H19N3O/c1-2-15-5-3-4-6-17(15)20-13-18(22)21-16-9-7-14(8-10-16)11-12-19/h3-10,20H,2,11,13H2,1H3,(H,21,22). The number of nitrogens with one attached hydrogen (secondary N) is 2. The Morgan fingerprint density at radius 3 is 2.55 bits per heavy atom. The SMILES string of the molecule is CCc1ccccc1NCC(=O)Nc1ccc(CC#N)cc1. The van der Waals surface area contributed by atoms with Crippen molar-refractivity contribution < 1.29 is 4.79 Å². The van der Waals surface area contributed by atoms with Gasteiger partial charge in [-0.15, -0.1) is 0 Å². The number of amides is 1. The molecular weight excluding hydrogens is 274 g/mol. The molecule has 0 spiro atoms. The summed E-state index contributed by atoms with van der Waals surface area (Å²) < 4.78 is 0. The first-order valence-electron chi connectivity index (χ1n) is 7.30. The van der Waals surface area contributed by atoms with Crippen molar-refractivity contribution in [3.05, 3.63) is 59.7 Å². The number of carbonyl (C=O) groups excluding carboxylic acids is 1. The zero-order chi connectivity index (χ0) is 15.8. The first kappa shape index (κ1) is 15.6. The molecule has 0 heterocycles. The molecule has 0 aliphatic rings. The number of hydrogen-bond donors (Lipinski definition) is 2. The lowest BCUT2D eigenvalue weighted by molar-refractivity contribution is -0.114. The lowest BCUT2D eigenvalue weighted by Gasteiger charge is -2.11. The van der Waals surface area contributed by atoms with E-state index in [9.17, 15) is 4.79 Å². The van der Waals surface area contributed by atoms with Crippen molar-refractivity contribution in [2.45, 2.75) is 19.8 Å². The van der Waals surface area contributed by atoms with E-state index in [4.69, 9.17) is 5.26 Å². The van der Waals surface area contributed by atoms with E-state index in [2.05, 4.69) is 23.6 Å². The topological polar surface area (TPSA) is 64.9 Å². The van der Waals surface area contributed by atoms with Crippen LogP contribution in [-0.2, 0) is 17.6 Å². The molecule has 1 amide bonds. The van der Waals surface area contributed by atoms with E-state index in [0.29, 0.717) is 6.42 Å². The van der Waals surface area contributed by atoms with Crippen molar-refractivity contribution in [3.8, 4) is 6.07 Å². The van der Waals surface area contributed by atoms with E-state index in [1.54, 1.807) is 0 Å². The van der Waals surface area contributed by atoms with Crippen molar-refractivity contribution >= 4 is 17.3 Å². The number of anilines is 2. The minimum atomic E-state index is -0.0982. The molecule has 4 heteroatoms. The molecule has 2 aromatic rings. The van der Waals surface area contributed by atoms with Crippen molar-refractivity contribution in [1.82, 2.24) is 0 Å². The van der Waals surface area contributed by atoms with Crippen LogP contribution in [-0.4, -0.2) is 12.5 Å². The van der Waals surface area contributed by atoms with Gasteiger partial charge in [0.15, 0.2) is 0 Å². The Balaban J connectivity index is 1.89. The van der Waals surface area contributed by atoms with E-state index >= 15 is 0 Å². The number of benzene rings is 2. The van der Waals surface area contributed by atoms with Crippen LogP contribution in [0.4, 0.5) is 11.4 Å². The molecular formula is C18H19N3O. The maximum atomic E-state index is 12.0. The van der Waals surface area contributed by atoms with E-state index in [0.717, 1.165) is 23.4 Å². The number of nitriles is 1. The van der Waals surface area contributed by atoms with Crippen LogP contribution < -0.4 is 10.6 Å². The fourth-order valence-corrected chi connectivity index (χ4v) is 2.18. The van der Waals surface area contributed by atoms with Gasteiger partial charge in [0, 0.05) is 11.4 Å². The molecule has 0 aliphatic carbocycles. The van der Waals surface area contributed by atoms with Gasteiger partial charge in [-0.1, -0.05) is 37.3 Å². The number of nitrogens with zero attached hydrogens (tertiary/aromatic N) is 1. The van der Waals surface area contributed by atoms with Crippen LogP contribution in [0, 0.1) is 11.3 Å². The number of para-hydroxylation sites is 1. The van der Waals surface area contributed by atoms with Gasteiger partial charge in [0.1, 0.15) is 0 Å². The maximum Gasteiger partial charge on any atom is 0.243 e. The predicted molar refractivity (Wildman–Crippen MR) is 88.7 cm³/mol. The van der Waals surface area contributed by atoms with E-state index in [1.807, 2.05) is 48.5 Å². The Morgan fingerprint density at radius 1 is 1.14 bits per heavy atom. The van der Waals surface area contributed by atoms with Gasteiger partial charge in [0.2, 0.25) is 5.91 Å². The second-order valence-electron chi connectivity index (χ2n) is 4.94. The number of carbonyl (C=O) groups is 1. The Kier molecular flexibility index (Phi) is 5.56. The highest BCUT2D eigenvalue weighted by Gasteiger charge is 2.04.